The fraction of sp³-hybridized carbons (Fsp3) is 0.714. The number of hydrogen-bond acceptors (Lipinski definition) is 4. The lowest BCUT2D eigenvalue weighted by atomic mass is 10.00. The number of hydrogen-bond donors (Lipinski definition) is 2. The Morgan fingerprint density at radius 1 is 1.19 bits per heavy atom. The second-order valence-electron chi connectivity index (χ2n) is 7.57. The van der Waals surface area contributed by atoms with Gasteiger partial charge in [-0.1, -0.05) is 33.9 Å². The summed E-state index contributed by atoms with van der Waals surface area (Å²) in [6.45, 7) is 14.9. The SMILES string of the molecule is Cc1oc(S(=O)(=O)N[Si](C)(C)C(C)(C)C)cc1C(C)(C)O. The predicted octanol–water partition coefficient (Wildman–Crippen LogP) is 3.10. The van der Waals surface area contributed by atoms with Crippen molar-refractivity contribution in [2.45, 2.75) is 70.4 Å². The van der Waals surface area contributed by atoms with Crippen molar-refractivity contribution in [3.8, 4) is 0 Å². The molecule has 1 aromatic rings. The van der Waals surface area contributed by atoms with E-state index in [0.717, 1.165) is 0 Å². The van der Waals surface area contributed by atoms with E-state index in [0.29, 0.717) is 11.3 Å². The smallest absolute Gasteiger partial charge is 0.268 e. The van der Waals surface area contributed by atoms with Crippen LogP contribution in [0.2, 0.25) is 18.1 Å². The Bertz CT molecular complexity index is 618. The number of furan rings is 1. The molecule has 2 N–H and O–H groups in total. The van der Waals surface area contributed by atoms with Crippen LogP contribution in [0.3, 0.4) is 0 Å². The number of sulfonamides is 1. The van der Waals surface area contributed by atoms with Crippen molar-refractivity contribution < 1.29 is 17.9 Å². The summed E-state index contributed by atoms with van der Waals surface area (Å²) in [7, 11) is -5.97. The van der Waals surface area contributed by atoms with Crippen molar-refractivity contribution in [3.63, 3.8) is 0 Å². The molecule has 122 valence electrons. The van der Waals surface area contributed by atoms with Gasteiger partial charge in [0.1, 0.15) is 14.0 Å². The van der Waals surface area contributed by atoms with Crippen molar-refractivity contribution in [1.82, 2.24) is 4.39 Å². The van der Waals surface area contributed by atoms with Crippen molar-refractivity contribution in [1.29, 1.82) is 0 Å². The van der Waals surface area contributed by atoms with E-state index in [-0.39, 0.29) is 10.1 Å². The molecule has 0 saturated carbocycles. The topological polar surface area (TPSA) is 79.5 Å². The average Bonchev–Trinajstić information content (AvgIpc) is 2.56. The molecular formula is C14H27NO4SSi. The van der Waals surface area contributed by atoms with Gasteiger partial charge in [-0.3, -0.25) is 0 Å². The van der Waals surface area contributed by atoms with E-state index in [1.807, 2.05) is 33.9 Å². The summed E-state index contributed by atoms with van der Waals surface area (Å²) in [5.41, 5.74) is -0.656. The zero-order chi connectivity index (χ0) is 16.9. The van der Waals surface area contributed by atoms with Gasteiger partial charge in [-0.15, -0.1) is 0 Å². The lowest BCUT2D eigenvalue weighted by Crippen LogP contribution is -2.54. The van der Waals surface area contributed by atoms with Crippen molar-refractivity contribution >= 4 is 18.3 Å². The highest BCUT2D eigenvalue weighted by Gasteiger charge is 2.40. The molecule has 0 radical (unpaired) electrons. The monoisotopic (exact) mass is 333 g/mol. The maximum absolute atomic E-state index is 12.5. The van der Waals surface area contributed by atoms with Crippen LogP contribution in [0.1, 0.15) is 45.9 Å². The molecule has 1 aromatic heterocycles. The molecule has 0 fully saturated rings. The highest BCUT2D eigenvalue weighted by Crippen LogP contribution is 2.35. The maximum atomic E-state index is 12.5. The van der Waals surface area contributed by atoms with Crippen LogP contribution < -0.4 is 4.39 Å². The van der Waals surface area contributed by atoms with Crippen LogP contribution in [0, 0.1) is 6.92 Å². The molecule has 0 unspecified atom stereocenters. The summed E-state index contributed by atoms with van der Waals surface area (Å²) in [5.74, 6) is 0.415. The highest BCUT2D eigenvalue weighted by molar-refractivity contribution is 7.90. The molecule has 21 heavy (non-hydrogen) atoms. The Labute approximate surface area is 128 Å². The van der Waals surface area contributed by atoms with E-state index in [1.54, 1.807) is 20.8 Å². The van der Waals surface area contributed by atoms with E-state index < -0.39 is 23.9 Å². The Hall–Kier alpha value is -0.633. The van der Waals surface area contributed by atoms with Crippen molar-refractivity contribution in [3.05, 3.63) is 17.4 Å². The summed E-state index contributed by atoms with van der Waals surface area (Å²) in [6.07, 6.45) is 0. The van der Waals surface area contributed by atoms with Gasteiger partial charge >= 0.3 is 0 Å². The first kappa shape index (κ1) is 18.4. The minimum atomic E-state index is -3.73. The van der Waals surface area contributed by atoms with Crippen LogP contribution in [0.4, 0.5) is 0 Å². The molecule has 1 rings (SSSR count). The zero-order valence-corrected chi connectivity index (χ0v) is 16.0. The molecular weight excluding hydrogens is 306 g/mol. The van der Waals surface area contributed by atoms with Gasteiger partial charge in [-0.05, 0) is 25.8 Å². The third-order valence-corrected chi connectivity index (χ3v) is 11.7. The summed E-state index contributed by atoms with van der Waals surface area (Å²) in [5, 5.41) is 9.78. The van der Waals surface area contributed by atoms with E-state index in [2.05, 4.69) is 4.39 Å². The largest absolute Gasteiger partial charge is 0.448 e. The van der Waals surface area contributed by atoms with Gasteiger partial charge in [0.25, 0.3) is 10.0 Å². The lowest BCUT2D eigenvalue weighted by molar-refractivity contribution is 0.0769. The summed E-state index contributed by atoms with van der Waals surface area (Å²) >= 11 is 0. The molecule has 0 aliphatic rings. The molecule has 5 nitrogen and oxygen atoms in total. The minimum absolute atomic E-state index is 0.124. The van der Waals surface area contributed by atoms with Gasteiger partial charge in [0.05, 0.1) is 5.60 Å². The molecule has 0 aromatic carbocycles. The van der Waals surface area contributed by atoms with E-state index >= 15 is 0 Å². The first-order chi connectivity index (χ1) is 9.08. The molecule has 7 heteroatoms. The molecule has 0 atom stereocenters. The summed E-state index contributed by atoms with van der Waals surface area (Å²) in [6, 6.07) is 1.41. The fourth-order valence-corrected chi connectivity index (χ4v) is 6.56. The van der Waals surface area contributed by atoms with Gasteiger partial charge in [-0.2, -0.15) is 0 Å². The highest BCUT2D eigenvalue weighted by atomic mass is 32.2. The van der Waals surface area contributed by atoms with Crippen LogP contribution in [0.25, 0.3) is 0 Å². The van der Waals surface area contributed by atoms with Crippen LogP contribution in [-0.2, 0) is 15.6 Å². The van der Waals surface area contributed by atoms with Crippen LogP contribution in [-0.4, -0.2) is 21.8 Å². The van der Waals surface area contributed by atoms with Gasteiger partial charge < -0.3 is 9.52 Å². The number of rotatable bonds is 4. The second kappa shape index (κ2) is 5.22. The van der Waals surface area contributed by atoms with Crippen molar-refractivity contribution in [2.24, 2.45) is 0 Å². The normalized spacial score (nSPS) is 14.5. The van der Waals surface area contributed by atoms with Crippen LogP contribution in [0.15, 0.2) is 15.6 Å². The summed E-state index contributed by atoms with van der Waals surface area (Å²) < 4.78 is 33.3. The lowest BCUT2D eigenvalue weighted by Gasteiger charge is -2.36. The molecule has 1 heterocycles. The Kier molecular flexibility index (Phi) is 4.58. The second-order valence-corrected chi connectivity index (χ2v) is 14.6. The first-order valence-electron chi connectivity index (χ1n) is 6.95. The Morgan fingerprint density at radius 2 is 1.67 bits per heavy atom. The number of aliphatic hydroxyl groups is 1. The van der Waals surface area contributed by atoms with E-state index in [9.17, 15) is 13.5 Å². The third-order valence-electron chi connectivity index (χ3n) is 4.08. The maximum Gasteiger partial charge on any atom is 0.268 e. The standard InChI is InChI=1S/C14H27NO4SSi/c1-10-11(14(5,6)16)9-12(19-10)20(17,18)15-21(7,8)13(2,3)4/h9,15-16H,1-8H3. The molecule has 0 spiro atoms. The molecule has 0 amide bonds. The van der Waals surface area contributed by atoms with Crippen molar-refractivity contribution in [2.75, 3.05) is 0 Å². The first-order valence-corrected chi connectivity index (χ1v) is 11.4. The van der Waals surface area contributed by atoms with Gasteiger partial charge in [0, 0.05) is 11.6 Å². The number of aryl methyl sites for hydroxylation is 1. The average molecular weight is 334 g/mol. The summed E-state index contributed by atoms with van der Waals surface area (Å²) in [4.78, 5) is 0. The third kappa shape index (κ3) is 3.97. The molecule has 0 aliphatic heterocycles. The number of nitrogens with one attached hydrogen (secondary N) is 1. The molecule has 0 aliphatic carbocycles. The van der Waals surface area contributed by atoms with Gasteiger partial charge in [0.15, 0.2) is 0 Å². The fourth-order valence-electron chi connectivity index (χ4n) is 1.73. The Balaban J connectivity index is 3.23. The predicted molar refractivity (Wildman–Crippen MR) is 86.2 cm³/mol. The minimum Gasteiger partial charge on any atom is -0.448 e. The zero-order valence-electron chi connectivity index (χ0n) is 14.2. The Morgan fingerprint density at radius 3 is 2.00 bits per heavy atom. The van der Waals surface area contributed by atoms with Crippen LogP contribution in [0.5, 0.6) is 0 Å². The van der Waals surface area contributed by atoms with Crippen LogP contribution >= 0.6 is 0 Å². The van der Waals surface area contributed by atoms with E-state index in [4.69, 9.17) is 4.42 Å². The quantitative estimate of drug-likeness (QED) is 0.830. The molecule has 0 saturated heterocycles. The molecule has 0 bridgehead atoms. The van der Waals surface area contributed by atoms with E-state index in [1.165, 1.54) is 6.07 Å². The van der Waals surface area contributed by atoms with Gasteiger partial charge in [0.2, 0.25) is 5.09 Å². The van der Waals surface area contributed by atoms with Gasteiger partial charge in [-0.25, -0.2) is 12.8 Å².